The van der Waals surface area contributed by atoms with Gasteiger partial charge in [-0.2, -0.15) is 0 Å². The van der Waals surface area contributed by atoms with Crippen LogP contribution >= 0.6 is 0 Å². The van der Waals surface area contributed by atoms with Crippen molar-refractivity contribution in [2.45, 2.75) is 30.6 Å². The van der Waals surface area contributed by atoms with Gasteiger partial charge in [0.05, 0.1) is 0 Å². The minimum atomic E-state index is -2.91. The molecule has 0 saturated carbocycles. The fraction of sp³-hybridized carbons (Fsp3) is 1.00. The topological polar surface area (TPSA) is 37.3 Å². The molecule has 0 rings (SSSR count). The van der Waals surface area contributed by atoms with E-state index in [9.17, 15) is 3.08 Å². The van der Waals surface area contributed by atoms with Gasteiger partial charge in [0.25, 0.3) is 0 Å². The van der Waals surface area contributed by atoms with E-state index in [1.807, 2.05) is 0 Å². The maximum atomic E-state index is 10.2. The Hall–Kier alpha value is 0.559. The first-order valence-electron chi connectivity index (χ1n) is 2.99. The molecule has 0 radical (unpaired) electrons. The molecule has 0 aliphatic heterocycles. The minimum absolute atomic E-state index is 0.607. The first kappa shape index (κ1) is 8.56. The zero-order valence-corrected chi connectivity index (χ0v) is 8.04. The molecule has 8 heavy (non-hydrogen) atoms. The molecule has 0 saturated heterocycles. The van der Waals surface area contributed by atoms with Gasteiger partial charge in [-0.3, -0.25) is 0 Å². The number of rotatable bonds is 4. The fourth-order valence-electron chi connectivity index (χ4n) is 0.526. The third-order valence-corrected chi connectivity index (χ3v) is 3.22. The van der Waals surface area contributed by atoms with Gasteiger partial charge in [-0.25, -0.2) is 0 Å². The predicted octanol–water partition coefficient (Wildman–Crippen LogP) is 1.09. The quantitative estimate of drug-likeness (QED) is 0.571. The Labute approximate surface area is 57.6 Å². The zero-order chi connectivity index (χ0) is 6.41. The molecule has 0 aliphatic carbocycles. The molecule has 0 amide bonds. The average Bonchev–Trinajstić information content (AvgIpc) is 1.66. The SMILES string of the molecule is CCCC[CH2][Sn](=[O])[OH]. The van der Waals surface area contributed by atoms with E-state index < -0.39 is 20.2 Å². The molecule has 0 spiro atoms. The van der Waals surface area contributed by atoms with Gasteiger partial charge in [-0.15, -0.1) is 0 Å². The molecule has 0 aliphatic rings. The van der Waals surface area contributed by atoms with Gasteiger partial charge in [-0.05, 0) is 0 Å². The predicted molar refractivity (Wildman–Crippen MR) is 33.0 cm³/mol. The van der Waals surface area contributed by atoms with Crippen LogP contribution in [-0.4, -0.2) is 23.6 Å². The second-order valence-electron chi connectivity index (χ2n) is 1.85. The van der Waals surface area contributed by atoms with Crippen LogP contribution in [0.5, 0.6) is 0 Å². The molecule has 2 nitrogen and oxygen atoms in total. The van der Waals surface area contributed by atoms with Crippen molar-refractivity contribution < 1.29 is 6.52 Å². The van der Waals surface area contributed by atoms with Gasteiger partial charge < -0.3 is 0 Å². The molecule has 48 valence electrons. The second kappa shape index (κ2) is 5.69. The Kier molecular flexibility index (Phi) is 6.09. The Morgan fingerprint density at radius 3 is 2.50 bits per heavy atom. The van der Waals surface area contributed by atoms with Crippen LogP contribution in [0.4, 0.5) is 0 Å². The molecule has 0 atom stereocenters. The first-order chi connectivity index (χ1) is 3.77. The summed E-state index contributed by atoms with van der Waals surface area (Å²) in [5.74, 6) is 0. The van der Waals surface area contributed by atoms with Crippen molar-refractivity contribution in [2.75, 3.05) is 0 Å². The summed E-state index contributed by atoms with van der Waals surface area (Å²) in [4.78, 5) is 0. The maximum absolute atomic E-state index is 10.2. The van der Waals surface area contributed by atoms with E-state index >= 15 is 0 Å². The van der Waals surface area contributed by atoms with Crippen LogP contribution in [0.1, 0.15) is 26.2 Å². The van der Waals surface area contributed by atoms with E-state index in [0.717, 1.165) is 19.3 Å². The van der Waals surface area contributed by atoms with Crippen LogP contribution in [0.25, 0.3) is 0 Å². The van der Waals surface area contributed by atoms with E-state index in [0.29, 0.717) is 4.44 Å². The van der Waals surface area contributed by atoms with E-state index in [1.54, 1.807) is 0 Å². The standard InChI is InChI=1S/C5H11.H2O.O.Sn/c1-3-5-4-2;;;/h1,3-5H2,2H3;1H2;;/q;;;+1/p-1. The van der Waals surface area contributed by atoms with Gasteiger partial charge in [0, 0.05) is 0 Å². The summed E-state index contributed by atoms with van der Waals surface area (Å²) in [5.41, 5.74) is 0. The number of unbranched alkanes of at least 4 members (excludes halogenated alkanes) is 2. The monoisotopic (exact) mass is 224 g/mol. The van der Waals surface area contributed by atoms with Crippen molar-refractivity contribution in [1.29, 1.82) is 0 Å². The van der Waals surface area contributed by atoms with Gasteiger partial charge >= 0.3 is 57.3 Å². The van der Waals surface area contributed by atoms with Crippen molar-refractivity contribution in [1.82, 2.24) is 0 Å². The Morgan fingerprint density at radius 1 is 1.50 bits per heavy atom. The van der Waals surface area contributed by atoms with Crippen LogP contribution in [0.2, 0.25) is 4.44 Å². The normalized spacial score (nSPS) is 9.25. The molecule has 0 unspecified atom stereocenters. The van der Waals surface area contributed by atoms with Crippen LogP contribution < -0.4 is 0 Å². The van der Waals surface area contributed by atoms with E-state index in [4.69, 9.17) is 3.44 Å². The molecule has 3 heteroatoms. The summed E-state index contributed by atoms with van der Waals surface area (Å²) in [7, 11) is 0. The van der Waals surface area contributed by atoms with E-state index in [2.05, 4.69) is 6.92 Å². The van der Waals surface area contributed by atoms with Crippen molar-refractivity contribution in [3.05, 3.63) is 0 Å². The summed E-state index contributed by atoms with van der Waals surface area (Å²) in [5, 5.41) is 0. The second-order valence-corrected chi connectivity index (χ2v) is 5.53. The first-order valence-corrected chi connectivity index (χ1v) is 7.45. The molecular weight excluding hydrogens is 211 g/mol. The van der Waals surface area contributed by atoms with Crippen molar-refractivity contribution >= 4 is 20.2 Å². The van der Waals surface area contributed by atoms with Crippen molar-refractivity contribution in [2.24, 2.45) is 0 Å². The summed E-state index contributed by atoms with van der Waals surface area (Å²) < 4.78 is 19.2. The molecule has 0 aromatic carbocycles. The molecule has 1 N–H and O–H groups in total. The average molecular weight is 223 g/mol. The molecule has 0 heterocycles. The molecule has 0 aromatic rings. The summed E-state index contributed by atoms with van der Waals surface area (Å²) in [6.07, 6.45) is 3.19. The van der Waals surface area contributed by atoms with Crippen LogP contribution in [0, 0.1) is 0 Å². The Morgan fingerprint density at radius 2 is 2.12 bits per heavy atom. The van der Waals surface area contributed by atoms with Crippen LogP contribution in [0.3, 0.4) is 0 Å². The summed E-state index contributed by atoms with van der Waals surface area (Å²) in [6, 6.07) is 0. The van der Waals surface area contributed by atoms with Gasteiger partial charge in [0.15, 0.2) is 0 Å². The molecule has 0 fully saturated rings. The van der Waals surface area contributed by atoms with Crippen LogP contribution in [-0.2, 0) is 3.08 Å². The van der Waals surface area contributed by atoms with E-state index in [-0.39, 0.29) is 0 Å². The Balaban J connectivity index is 2.82. The molecule has 0 bridgehead atoms. The summed E-state index contributed by atoms with van der Waals surface area (Å²) in [6.45, 7) is 2.09. The van der Waals surface area contributed by atoms with Gasteiger partial charge in [0.1, 0.15) is 0 Å². The third-order valence-electron chi connectivity index (χ3n) is 0.994. The zero-order valence-electron chi connectivity index (χ0n) is 5.18. The van der Waals surface area contributed by atoms with E-state index in [1.165, 1.54) is 0 Å². The molecule has 0 aromatic heterocycles. The Bertz CT molecular complexity index is 72.8. The van der Waals surface area contributed by atoms with Gasteiger partial charge in [0.2, 0.25) is 0 Å². The van der Waals surface area contributed by atoms with Crippen molar-refractivity contribution in [3.63, 3.8) is 0 Å². The summed E-state index contributed by atoms with van der Waals surface area (Å²) >= 11 is -2.91. The number of hydrogen-bond acceptors (Lipinski definition) is 1. The molecular formula is C5H12O2Sn. The third kappa shape index (κ3) is 6.56. The van der Waals surface area contributed by atoms with Gasteiger partial charge in [-0.1, -0.05) is 0 Å². The number of hydrogen-bond donors (Lipinski definition) is 1. The van der Waals surface area contributed by atoms with Crippen molar-refractivity contribution in [3.8, 4) is 0 Å². The fourth-order valence-corrected chi connectivity index (χ4v) is 2.10. The van der Waals surface area contributed by atoms with Crippen LogP contribution in [0.15, 0.2) is 0 Å².